The summed E-state index contributed by atoms with van der Waals surface area (Å²) in [5.74, 6) is 1.64. The summed E-state index contributed by atoms with van der Waals surface area (Å²) >= 11 is 0. The number of ether oxygens (including phenoxy) is 2. The lowest BCUT2D eigenvalue weighted by atomic mass is 10.1. The molecule has 33 heavy (non-hydrogen) atoms. The predicted molar refractivity (Wildman–Crippen MR) is 124 cm³/mol. The van der Waals surface area contributed by atoms with Gasteiger partial charge in [0.2, 0.25) is 6.79 Å². The summed E-state index contributed by atoms with van der Waals surface area (Å²) in [6, 6.07) is 17.5. The summed E-state index contributed by atoms with van der Waals surface area (Å²) in [4.78, 5) is 25.4. The van der Waals surface area contributed by atoms with Gasteiger partial charge in [-0.2, -0.15) is 5.10 Å². The number of nitrogens with one attached hydrogen (secondary N) is 2. The molecule has 3 aromatic rings. The number of furan rings is 1. The molecule has 1 aromatic heterocycles. The molecule has 0 radical (unpaired) electrons. The zero-order valence-corrected chi connectivity index (χ0v) is 17.8. The monoisotopic (exact) mass is 443 g/mol. The van der Waals surface area contributed by atoms with Crippen LogP contribution < -0.4 is 20.2 Å². The predicted octanol–water partition coefficient (Wildman–Crippen LogP) is 3.90. The van der Waals surface area contributed by atoms with Gasteiger partial charge in [-0.1, -0.05) is 24.3 Å². The van der Waals surface area contributed by atoms with E-state index in [0.717, 1.165) is 5.76 Å². The molecule has 0 atom stereocenters. The van der Waals surface area contributed by atoms with E-state index in [9.17, 15) is 9.59 Å². The van der Waals surface area contributed by atoms with Crippen LogP contribution in [0.2, 0.25) is 0 Å². The summed E-state index contributed by atoms with van der Waals surface area (Å²) < 4.78 is 16.1. The van der Waals surface area contributed by atoms with Crippen molar-refractivity contribution in [1.82, 2.24) is 10.7 Å². The summed E-state index contributed by atoms with van der Waals surface area (Å²) in [6.45, 7) is 1.99. The third-order valence-corrected chi connectivity index (χ3v) is 4.58. The number of hydrogen-bond donors (Lipinski definition) is 2. The first-order valence-corrected chi connectivity index (χ1v) is 10.1. The van der Waals surface area contributed by atoms with Crippen LogP contribution >= 0.6 is 0 Å². The number of nitrogens with zero attached hydrogens (tertiary/aromatic N) is 1. The molecule has 0 fully saturated rings. The van der Waals surface area contributed by atoms with Gasteiger partial charge in [0.1, 0.15) is 17.2 Å². The van der Waals surface area contributed by atoms with Gasteiger partial charge in [0.15, 0.2) is 11.5 Å². The maximum absolute atomic E-state index is 12.8. The van der Waals surface area contributed by atoms with Crippen molar-refractivity contribution in [3.8, 4) is 11.5 Å². The van der Waals surface area contributed by atoms with Crippen LogP contribution in [0.15, 0.2) is 82.0 Å². The Morgan fingerprint density at radius 1 is 1.00 bits per heavy atom. The van der Waals surface area contributed by atoms with Crippen LogP contribution in [0.3, 0.4) is 0 Å². The Balaban J connectivity index is 1.50. The highest BCUT2D eigenvalue weighted by molar-refractivity contribution is 6.05. The van der Waals surface area contributed by atoms with E-state index in [2.05, 4.69) is 15.8 Å². The van der Waals surface area contributed by atoms with E-state index in [-0.39, 0.29) is 12.5 Å². The molecule has 0 saturated carbocycles. The molecular formula is C25H21N3O5. The zero-order chi connectivity index (χ0) is 23.0. The minimum atomic E-state index is -0.588. The minimum absolute atomic E-state index is 0.0190. The minimum Gasteiger partial charge on any atom is -0.462 e. The topological polar surface area (TPSA) is 102 Å². The molecule has 2 N–H and O–H groups in total. The molecule has 1 aliphatic heterocycles. The van der Waals surface area contributed by atoms with Crippen molar-refractivity contribution in [2.45, 2.75) is 6.92 Å². The average Bonchev–Trinajstić information content (AvgIpc) is 3.47. The van der Waals surface area contributed by atoms with E-state index in [4.69, 9.17) is 13.9 Å². The van der Waals surface area contributed by atoms with E-state index in [1.54, 1.807) is 60.7 Å². The number of aryl methyl sites for hydroxylation is 1. The Labute approximate surface area is 190 Å². The molecule has 2 aromatic carbocycles. The average molecular weight is 443 g/mol. The van der Waals surface area contributed by atoms with Crippen molar-refractivity contribution < 1.29 is 23.5 Å². The van der Waals surface area contributed by atoms with E-state index in [1.165, 1.54) is 12.3 Å². The van der Waals surface area contributed by atoms with Gasteiger partial charge in [-0.25, -0.2) is 5.43 Å². The molecule has 2 amide bonds. The summed E-state index contributed by atoms with van der Waals surface area (Å²) in [7, 11) is 0. The summed E-state index contributed by atoms with van der Waals surface area (Å²) in [6.07, 6.45) is 6.29. The highest BCUT2D eigenvalue weighted by atomic mass is 16.7. The van der Waals surface area contributed by atoms with Gasteiger partial charge in [-0.15, -0.1) is 0 Å². The number of benzene rings is 2. The Kier molecular flexibility index (Phi) is 6.65. The van der Waals surface area contributed by atoms with Crippen LogP contribution in [-0.4, -0.2) is 24.8 Å². The number of rotatable bonds is 7. The molecule has 8 heteroatoms. The third kappa shape index (κ3) is 5.76. The lowest BCUT2D eigenvalue weighted by Crippen LogP contribution is -2.32. The molecule has 4 rings (SSSR count). The fraction of sp³-hybridized carbons (Fsp3) is 0.0800. The standard InChI is InChI=1S/C25H21N3O5/c1-17-9-11-20(33-17)8-5-13-26-28-25(30)21(27-24(29)19-6-3-2-4-7-19)14-18-10-12-22-23(15-18)32-16-31-22/h2-15H,16H2,1H3,(H,27,29)(H,28,30)/b8-5+,21-14+,26-13+. The number of carbonyl (C=O) groups is 2. The van der Waals surface area contributed by atoms with Gasteiger partial charge in [-0.3, -0.25) is 9.59 Å². The van der Waals surface area contributed by atoms with Crippen LogP contribution in [0.25, 0.3) is 12.2 Å². The Bertz CT molecular complexity index is 1240. The number of amides is 2. The molecule has 0 aliphatic carbocycles. The second-order valence-electron chi connectivity index (χ2n) is 7.02. The van der Waals surface area contributed by atoms with E-state index >= 15 is 0 Å². The van der Waals surface area contributed by atoms with Gasteiger partial charge >= 0.3 is 0 Å². The van der Waals surface area contributed by atoms with Crippen LogP contribution in [-0.2, 0) is 4.79 Å². The number of fused-ring (bicyclic) bond motifs is 1. The quantitative estimate of drug-likeness (QED) is 0.328. The Morgan fingerprint density at radius 2 is 1.82 bits per heavy atom. The van der Waals surface area contributed by atoms with Crippen molar-refractivity contribution >= 4 is 30.2 Å². The largest absolute Gasteiger partial charge is 0.462 e. The van der Waals surface area contributed by atoms with Crippen molar-refractivity contribution in [2.24, 2.45) is 5.10 Å². The highest BCUT2D eigenvalue weighted by Crippen LogP contribution is 2.33. The van der Waals surface area contributed by atoms with E-state index < -0.39 is 11.8 Å². The smallest absolute Gasteiger partial charge is 0.287 e. The lowest BCUT2D eigenvalue weighted by molar-refractivity contribution is -0.117. The number of allylic oxidation sites excluding steroid dienone is 1. The normalized spacial score (nSPS) is 12.9. The van der Waals surface area contributed by atoms with Crippen molar-refractivity contribution in [3.63, 3.8) is 0 Å². The van der Waals surface area contributed by atoms with Gasteiger partial charge in [0, 0.05) is 11.8 Å². The van der Waals surface area contributed by atoms with Crippen LogP contribution in [0.5, 0.6) is 11.5 Å². The first-order chi connectivity index (χ1) is 16.1. The number of hydrogen-bond acceptors (Lipinski definition) is 6. The Morgan fingerprint density at radius 3 is 2.61 bits per heavy atom. The zero-order valence-electron chi connectivity index (χ0n) is 17.8. The number of carbonyl (C=O) groups excluding carboxylic acids is 2. The van der Waals surface area contributed by atoms with Crippen molar-refractivity contribution in [2.75, 3.05) is 6.79 Å². The van der Waals surface area contributed by atoms with Gasteiger partial charge in [0.25, 0.3) is 11.8 Å². The number of hydrazone groups is 1. The lowest BCUT2D eigenvalue weighted by Gasteiger charge is -2.09. The van der Waals surface area contributed by atoms with Gasteiger partial charge in [-0.05, 0) is 67.1 Å². The summed E-state index contributed by atoms with van der Waals surface area (Å²) in [5.41, 5.74) is 3.50. The second-order valence-corrected chi connectivity index (χ2v) is 7.02. The van der Waals surface area contributed by atoms with E-state index in [0.29, 0.717) is 28.4 Å². The highest BCUT2D eigenvalue weighted by Gasteiger charge is 2.16. The van der Waals surface area contributed by atoms with Crippen molar-refractivity contribution in [3.05, 3.63) is 95.1 Å². The van der Waals surface area contributed by atoms with Crippen LogP contribution in [0.1, 0.15) is 27.4 Å². The second kappa shape index (κ2) is 10.1. The molecule has 166 valence electrons. The molecule has 2 heterocycles. The fourth-order valence-electron chi connectivity index (χ4n) is 2.99. The molecule has 0 unspecified atom stereocenters. The SMILES string of the molecule is Cc1ccc(/C=C/C=N/NC(=O)/C(=C\c2ccc3c(c2)OCO3)NC(=O)c2ccccc2)o1. The third-order valence-electron chi connectivity index (χ3n) is 4.58. The van der Waals surface area contributed by atoms with Gasteiger partial charge in [0.05, 0.1) is 0 Å². The first kappa shape index (κ1) is 21.6. The van der Waals surface area contributed by atoms with Gasteiger partial charge < -0.3 is 19.2 Å². The molecule has 0 saturated heterocycles. The molecule has 0 bridgehead atoms. The molecular weight excluding hydrogens is 422 g/mol. The Hall–Kier alpha value is -4.59. The molecule has 8 nitrogen and oxygen atoms in total. The van der Waals surface area contributed by atoms with Crippen LogP contribution in [0, 0.1) is 6.92 Å². The van der Waals surface area contributed by atoms with Crippen LogP contribution in [0.4, 0.5) is 0 Å². The first-order valence-electron chi connectivity index (χ1n) is 10.1. The van der Waals surface area contributed by atoms with Crippen molar-refractivity contribution in [1.29, 1.82) is 0 Å². The molecule has 1 aliphatic rings. The summed E-state index contributed by atoms with van der Waals surface area (Å²) in [5, 5.41) is 6.55. The maximum Gasteiger partial charge on any atom is 0.287 e. The van der Waals surface area contributed by atoms with E-state index in [1.807, 2.05) is 19.1 Å². The fourth-order valence-corrected chi connectivity index (χ4v) is 2.99. The molecule has 0 spiro atoms. The maximum atomic E-state index is 12.8.